The summed E-state index contributed by atoms with van der Waals surface area (Å²) in [6.07, 6.45) is 4.09. The van der Waals surface area contributed by atoms with E-state index in [1.165, 1.54) is 47.3 Å². The van der Waals surface area contributed by atoms with Crippen molar-refractivity contribution in [3.05, 3.63) is 65.7 Å². The Hall–Kier alpha value is -2.91. The van der Waals surface area contributed by atoms with Crippen molar-refractivity contribution in [2.75, 3.05) is 21.5 Å². The molecule has 1 unspecified atom stereocenters. The second-order valence-electron chi connectivity index (χ2n) is 7.49. The molecular formula is C22H28N4O3S2. The molecule has 0 aliphatic carbocycles. The van der Waals surface area contributed by atoms with Crippen molar-refractivity contribution >= 4 is 43.8 Å². The third kappa shape index (κ3) is 5.05. The molecule has 5 rings (SSSR count). The summed E-state index contributed by atoms with van der Waals surface area (Å²) in [5.74, 6) is 0.0755. The number of aromatic nitrogens is 1. The zero-order valence-electron chi connectivity index (χ0n) is 17.1. The molecule has 1 aromatic heterocycles. The first-order valence-corrected chi connectivity index (χ1v) is 12.5. The summed E-state index contributed by atoms with van der Waals surface area (Å²) in [5, 5.41) is 5.42. The van der Waals surface area contributed by atoms with Crippen LogP contribution in [0.15, 0.2) is 65.0 Å². The Bertz CT molecular complexity index is 1130. The lowest BCUT2D eigenvalue weighted by Gasteiger charge is -2.16. The molecule has 2 aromatic carbocycles. The van der Waals surface area contributed by atoms with Crippen LogP contribution in [0.2, 0.25) is 0 Å². The maximum atomic E-state index is 12.2. The minimum Gasteiger partial charge on any atom is -0.382 e. The predicted molar refractivity (Wildman–Crippen MR) is 128 cm³/mol. The van der Waals surface area contributed by atoms with Crippen molar-refractivity contribution in [3.63, 3.8) is 0 Å². The van der Waals surface area contributed by atoms with E-state index in [2.05, 4.69) is 46.2 Å². The van der Waals surface area contributed by atoms with Crippen molar-refractivity contribution in [1.82, 2.24) is 4.98 Å². The Labute approximate surface area is 189 Å². The van der Waals surface area contributed by atoms with Crippen LogP contribution in [0.1, 0.15) is 28.2 Å². The molecule has 1 atom stereocenters. The van der Waals surface area contributed by atoms with Crippen LogP contribution in [0.5, 0.6) is 0 Å². The summed E-state index contributed by atoms with van der Waals surface area (Å²) in [7, 11) is -3.64. The van der Waals surface area contributed by atoms with E-state index in [4.69, 9.17) is 0 Å². The van der Waals surface area contributed by atoms with Crippen molar-refractivity contribution in [3.8, 4) is 0 Å². The molecule has 166 valence electrons. The topological polar surface area (TPSA) is 91.4 Å². The highest BCUT2D eigenvalue weighted by atomic mass is 32.2. The number of amides is 1. The number of nitrogens with one attached hydrogen (secondary N) is 2. The molecule has 7 nitrogen and oxygen atoms in total. The third-order valence-corrected chi connectivity index (χ3v) is 7.30. The number of rotatable bonds is 4. The van der Waals surface area contributed by atoms with Crippen LogP contribution >= 0.6 is 11.3 Å². The first-order valence-electron chi connectivity index (χ1n) is 10.1. The molecule has 2 N–H and O–H groups in total. The van der Waals surface area contributed by atoms with Crippen LogP contribution in [0.25, 0.3) is 0 Å². The summed E-state index contributed by atoms with van der Waals surface area (Å²) in [5.41, 5.74) is 3.50. The fourth-order valence-corrected chi connectivity index (χ4v) is 5.45. The highest BCUT2D eigenvalue weighted by Gasteiger charge is 2.22. The van der Waals surface area contributed by atoms with E-state index >= 15 is 0 Å². The van der Waals surface area contributed by atoms with Gasteiger partial charge in [-0.05, 0) is 55.7 Å². The molecule has 9 heteroatoms. The third-order valence-electron chi connectivity index (χ3n) is 5.13. The summed E-state index contributed by atoms with van der Waals surface area (Å²) in [4.78, 5) is 17.4. The van der Waals surface area contributed by atoms with Gasteiger partial charge in [-0.1, -0.05) is 18.2 Å². The van der Waals surface area contributed by atoms with Gasteiger partial charge >= 0.3 is 0 Å². The van der Waals surface area contributed by atoms with E-state index in [0.717, 1.165) is 12.1 Å². The van der Waals surface area contributed by atoms with Gasteiger partial charge < -0.3 is 10.2 Å². The number of sulfonamides is 1. The highest BCUT2D eigenvalue weighted by molar-refractivity contribution is 7.93. The summed E-state index contributed by atoms with van der Waals surface area (Å²) >= 11 is 1.21. The van der Waals surface area contributed by atoms with E-state index in [1.807, 2.05) is 0 Å². The minimum absolute atomic E-state index is 0. The number of hydrogen-bond acceptors (Lipinski definition) is 6. The van der Waals surface area contributed by atoms with E-state index in [1.54, 1.807) is 22.4 Å². The number of carbonyl (C=O) groups is 1. The molecule has 0 radical (unpaired) electrons. The Kier molecular flexibility index (Phi) is 6.24. The average molecular weight is 461 g/mol. The van der Waals surface area contributed by atoms with Gasteiger partial charge in [-0.3, -0.25) is 9.52 Å². The second kappa shape index (κ2) is 9.07. The van der Waals surface area contributed by atoms with E-state index in [9.17, 15) is 13.2 Å². The molecule has 1 amide bonds. The zero-order chi connectivity index (χ0) is 21.8. The van der Waals surface area contributed by atoms with Crippen molar-refractivity contribution < 1.29 is 16.1 Å². The number of carbonyl (C=O) groups excluding carboxylic acids is 1. The summed E-state index contributed by atoms with van der Waals surface area (Å²) in [6.45, 7) is 2.89. The van der Waals surface area contributed by atoms with E-state index in [0.29, 0.717) is 24.1 Å². The lowest BCUT2D eigenvalue weighted by atomic mass is 10.1. The van der Waals surface area contributed by atoms with Gasteiger partial charge in [0.1, 0.15) is 0 Å². The average Bonchev–Trinajstić information content (AvgIpc) is 3.49. The first kappa shape index (κ1) is 21.3. The van der Waals surface area contributed by atoms with E-state index in [-0.39, 0.29) is 13.7 Å². The van der Waals surface area contributed by atoms with Gasteiger partial charge in [0.15, 0.2) is 5.13 Å². The molecule has 0 spiro atoms. The predicted octanol–water partition coefficient (Wildman–Crippen LogP) is 4.61. The number of thiazole rings is 1. The Morgan fingerprint density at radius 2 is 1.97 bits per heavy atom. The quantitative estimate of drug-likeness (QED) is 0.593. The number of hydrogen-bond donors (Lipinski definition) is 2. The van der Waals surface area contributed by atoms with Crippen molar-refractivity contribution in [2.45, 2.75) is 37.1 Å². The van der Waals surface area contributed by atoms with Crippen LogP contribution in [-0.2, 0) is 21.2 Å². The van der Waals surface area contributed by atoms with Gasteiger partial charge in [0.25, 0.3) is 10.0 Å². The molecule has 0 saturated carbocycles. The summed E-state index contributed by atoms with van der Waals surface area (Å²) < 4.78 is 26.8. The Balaban J connectivity index is 0.000000271. The number of benzene rings is 2. The number of fused-ring (bicyclic) bond motifs is 1. The molecule has 3 aromatic rings. The first-order chi connectivity index (χ1) is 14.9. The molecule has 0 bridgehead atoms. The maximum Gasteiger partial charge on any atom is 0.263 e. The maximum absolute atomic E-state index is 12.2. The SMILES string of the molecule is CC1Cc2ccccc2N1.O=C1CCCN1c1ccc(S(=O)(=O)Nc2nccs2)cc1.[HH].[HH]. The molecule has 31 heavy (non-hydrogen) atoms. The fraction of sp³-hybridized carbons (Fsp3) is 0.273. The van der Waals surface area contributed by atoms with Crippen LogP contribution in [0.4, 0.5) is 16.5 Å². The van der Waals surface area contributed by atoms with E-state index < -0.39 is 10.0 Å². The molecule has 2 aliphatic rings. The fourth-order valence-electron chi connectivity index (χ4n) is 3.66. The van der Waals surface area contributed by atoms with Crippen molar-refractivity contribution in [1.29, 1.82) is 0 Å². The zero-order valence-corrected chi connectivity index (χ0v) is 18.7. The monoisotopic (exact) mass is 460 g/mol. The smallest absolute Gasteiger partial charge is 0.263 e. The van der Waals surface area contributed by atoms with Gasteiger partial charge in [0, 0.05) is 44.8 Å². The minimum atomic E-state index is -3.64. The molecular weight excluding hydrogens is 432 g/mol. The Morgan fingerprint density at radius 3 is 2.61 bits per heavy atom. The van der Waals surface area contributed by atoms with Gasteiger partial charge in [-0.2, -0.15) is 0 Å². The van der Waals surface area contributed by atoms with Gasteiger partial charge in [-0.25, -0.2) is 13.4 Å². The van der Waals surface area contributed by atoms with Crippen LogP contribution in [-0.4, -0.2) is 31.9 Å². The van der Waals surface area contributed by atoms with Gasteiger partial charge in [0.2, 0.25) is 5.91 Å². The lowest BCUT2D eigenvalue weighted by Crippen LogP contribution is -2.23. The Morgan fingerprint density at radius 1 is 1.19 bits per heavy atom. The number of anilines is 3. The second-order valence-corrected chi connectivity index (χ2v) is 10.1. The number of nitrogens with zero attached hydrogens (tertiary/aromatic N) is 2. The van der Waals surface area contributed by atoms with Crippen LogP contribution < -0.4 is 14.9 Å². The highest BCUT2D eigenvalue weighted by Crippen LogP contribution is 2.25. The van der Waals surface area contributed by atoms with Gasteiger partial charge in [-0.15, -0.1) is 11.3 Å². The van der Waals surface area contributed by atoms with Crippen molar-refractivity contribution in [2.24, 2.45) is 0 Å². The molecule has 3 heterocycles. The van der Waals surface area contributed by atoms with Crippen LogP contribution in [0, 0.1) is 0 Å². The molecule has 1 saturated heterocycles. The van der Waals surface area contributed by atoms with Gasteiger partial charge in [0.05, 0.1) is 4.90 Å². The molecule has 2 aliphatic heterocycles. The van der Waals surface area contributed by atoms with Crippen LogP contribution in [0.3, 0.4) is 0 Å². The summed E-state index contributed by atoms with van der Waals surface area (Å²) in [6, 6.07) is 15.4. The standard InChI is InChI=1S/C13H13N3O3S2.C9H11N.2H2/c17-12-2-1-8-16(12)10-3-5-11(6-4-10)21(18,19)15-13-14-7-9-20-13;1-7-6-8-4-2-3-5-9(8)10-7;;/h3-7,9H,1-2,8H2,(H,14,15);2-5,7,10H,6H2,1H3;2*1H. The normalized spacial score (nSPS) is 17.5. The number of para-hydroxylation sites is 1. The lowest BCUT2D eigenvalue weighted by molar-refractivity contribution is -0.117. The largest absolute Gasteiger partial charge is 0.382 e. The molecule has 1 fully saturated rings.